The number of carbonyl (C=O) groups is 1. The lowest BCUT2D eigenvalue weighted by Crippen LogP contribution is -2.46. The minimum Gasteiger partial charge on any atom is -0.396 e. The summed E-state index contributed by atoms with van der Waals surface area (Å²) in [4.78, 5) is 11.5. The van der Waals surface area contributed by atoms with Crippen LogP contribution in [-0.2, 0) is 4.79 Å². The number of aliphatic hydroxyl groups is 1. The van der Waals surface area contributed by atoms with E-state index in [0.29, 0.717) is 13.0 Å². The Morgan fingerprint density at radius 2 is 2.00 bits per heavy atom. The van der Waals surface area contributed by atoms with Crippen molar-refractivity contribution in [3.05, 3.63) is 0 Å². The van der Waals surface area contributed by atoms with Gasteiger partial charge in [-0.1, -0.05) is 27.7 Å². The first-order chi connectivity index (χ1) is 6.80. The molecule has 0 aliphatic rings. The molecule has 0 saturated carbocycles. The standard InChI is InChI=1S/C11H24N2O2/c1-8(2)9(12)10(15)13-7-11(3,4)5-6-14/h8-9,14H,5-7,12H2,1-4H3,(H,13,15)/t9-/m1/s1. The summed E-state index contributed by atoms with van der Waals surface area (Å²) in [5.41, 5.74) is 5.62. The largest absolute Gasteiger partial charge is 0.396 e. The molecule has 0 unspecified atom stereocenters. The van der Waals surface area contributed by atoms with Gasteiger partial charge >= 0.3 is 0 Å². The highest BCUT2D eigenvalue weighted by atomic mass is 16.3. The van der Waals surface area contributed by atoms with Gasteiger partial charge in [-0.25, -0.2) is 0 Å². The Kier molecular flexibility index (Phi) is 5.83. The van der Waals surface area contributed by atoms with Crippen molar-refractivity contribution in [3.8, 4) is 0 Å². The first-order valence-electron chi connectivity index (χ1n) is 5.44. The van der Waals surface area contributed by atoms with Gasteiger partial charge in [0, 0.05) is 13.2 Å². The lowest BCUT2D eigenvalue weighted by atomic mass is 9.89. The van der Waals surface area contributed by atoms with E-state index in [1.54, 1.807) is 0 Å². The van der Waals surface area contributed by atoms with Crippen LogP contribution in [0.3, 0.4) is 0 Å². The van der Waals surface area contributed by atoms with Crippen LogP contribution < -0.4 is 11.1 Å². The highest BCUT2D eigenvalue weighted by Crippen LogP contribution is 2.17. The number of amides is 1. The fourth-order valence-electron chi connectivity index (χ4n) is 1.14. The summed E-state index contributed by atoms with van der Waals surface area (Å²) in [6.45, 7) is 8.53. The summed E-state index contributed by atoms with van der Waals surface area (Å²) in [6, 6.07) is -0.449. The zero-order chi connectivity index (χ0) is 12.1. The van der Waals surface area contributed by atoms with Crippen LogP contribution >= 0.6 is 0 Å². The monoisotopic (exact) mass is 216 g/mol. The lowest BCUT2D eigenvalue weighted by molar-refractivity contribution is -0.123. The predicted octanol–water partition coefficient (Wildman–Crippen LogP) is 0.494. The Morgan fingerprint density at radius 1 is 1.47 bits per heavy atom. The number of aliphatic hydroxyl groups excluding tert-OH is 1. The SMILES string of the molecule is CC(C)[C@@H](N)C(=O)NCC(C)(C)CCO. The fraction of sp³-hybridized carbons (Fsp3) is 0.909. The van der Waals surface area contributed by atoms with Gasteiger partial charge in [-0.05, 0) is 17.8 Å². The molecule has 0 bridgehead atoms. The fourth-order valence-corrected chi connectivity index (χ4v) is 1.14. The van der Waals surface area contributed by atoms with E-state index in [1.165, 1.54) is 0 Å². The average molecular weight is 216 g/mol. The number of carbonyl (C=O) groups excluding carboxylic acids is 1. The topological polar surface area (TPSA) is 75.4 Å². The van der Waals surface area contributed by atoms with E-state index in [2.05, 4.69) is 5.32 Å². The molecule has 0 aliphatic carbocycles. The smallest absolute Gasteiger partial charge is 0.237 e. The summed E-state index contributed by atoms with van der Waals surface area (Å²) in [5.74, 6) is 0.0296. The molecule has 0 aromatic carbocycles. The molecular formula is C11H24N2O2. The van der Waals surface area contributed by atoms with Gasteiger partial charge in [0.2, 0.25) is 5.91 Å². The minimum absolute atomic E-state index is 0.0822. The van der Waals surface area contributed by atoms with Crippen LogP contribution in [0, 0.1) is 11.3 Å². The van der Waals surface area contributed by atoms with Crippen LogP contribution in [-0.4, -0.2) is 30.2 Å². The minimum atomic E-state index is -0.449. The van der Waals surface area contributed by atoms with Crippen LogP contribution in [0.15, 0.2) is 0 Å². The van der Waals surface area contributed by atoms with E-state index in [-0.39, 0.29) is 23.8 Å². The van der Waals surface area contributed by atoms with Crippen molar-refractivity contribution >= 4 is 5.91 Å². The molecular weight excluding hydrogens is 192 g/mol. The molecule has 0 aromatic rings. The maximum Gasteiger partial charge on any atom is 0.237 e. The third-order valence-electron chi connectivity index (χ3n) is 2.55. The molecule has 90 valence electrons. The summed E-state index contributed by atoms with van der Waals surface area (Å²) >= 11 is 0. The second-order valence-electron chi connectivity index (χ2n) is 5.13. The van der Waals surface area contributed by atoms with Crippen molar-refractivity contribution in [2.24, 2.45) is 17.1 Å². The number of hydrogen-bond donors (Lipinski definition) is 3. The van der Waals surface area contributed by atoms with E-state index in [0.717, 1.165) is 0 Å². The molecule has 1 amide bonds. The number of rotatable bonds is 6. The number of nitrogens with one attached hydrogen (secondary N) is 1. The Balaban J connectivity index is 4.00. The van der Waals surface area contributed by atoms with Crippen LogP contribution in [0.25, 0.3) is 0 Å². The van der Waals surface area contributed by atoms with Crippen molar-refractivity contribution in [2.45, 2.75) is 40.2 Å². The normalized spacial score (nSPS) is 14.1. The van der Waals surface area contributed by atoms with Gasteiger partial charge in [0.25, 0.3) is 0 Å². The van der Waals surface area contributed by atoms with Crippen LogP contribution in [0.4, 0.5) is 0 Å². The lowest BCUT2D eigenvalue weighted by Gasteiger charge is -2.25. The van der Waals surface area contributed by atoms with E-state index in [4.69, 9.17) is 10.8 Å². The molecule has 4 heteroatoms. The molecule has 0 rings (SSSR count). The van der Waals surface area contributed by atoms with Gasteiger partial charge < -0.3 is 16.2 Å². The summed E-state index contributed by atoms with van der Waals surface area (Å²) in [7, 11) is 0. The zero-order valence-corrected chi connectivity index (χ0v) is 10.2. The van der Waals surface area contributed by atoms with Gasteiger partial charge in [-0.3, -0.25) is 4.79 Å². The van der Waals surface area contributed by atoms with Crippen molar-refractivity contribution in [2.75, 3.05) is 13.2 Å². The molecule has 0 spiro atoms. The summed E-state index contributed by atoms with van der Waals surface area (Å²) in [5, 5.41) is 11.6. The van der Waals surface area contributed by atoms with Gasteiger partial charge in [-0.2, -0.15) is 0 Å². The van der Waals surface area contributed by atoms with Crippen molar-refractivity contribution < 1.29 is 9.90 Å². The molecule has 4 nitrogen and oxygen atoms in total. The molecule has 1 atom stereocenters. The van der Waals surface area contributed by atoms with E-state index < -0.39 is 6.04 Å². The quantitative estimate of drug-likeness (QED) is 0.605. The van der Waals surface area contributed by atoms with Crippen molar-refractivity contribution in [1.29, 1.82) is 0 Å². The highest BCUT2D eigenvalue weighted by molar-refractivity contribution is 5.81. The molecule has 0 saturated heterocycles. The molecule has 0 radical (unpaired) electrons. The molecule has 0 aliphatic heterocycles. The van der Waals surface area contributed by atoms with Gasteiger partial charge in [0.1, 0.15) is 0 Å². The molecule has 4 N–H and O–H groups in total. The highest BCUT2D eigenvalue weighted by Gasteiger charge is 2.21. The van der Waals surface area contributed by atoms with Crippen LogP contribution in [0.5, 0.6) is 0 Å². The third kappa shape index (κ3) is 5.74. The third-order valence-corrected chi connectivity index (χ3v) is 2.55. The Hall–Kier alpha value is -0.610. The molecule has 0 fully saturated rings. The Bertz CT molecular complexity index is 203. The number of nitrogens with two attached hydrogens (primary N) is 1. The van der Waals surface area contributed by atoms with E-state index in [9.17, 15) is 4.79 Å². The Labute approximate surface area is 92.2 Å². The molecule has 0 aromatic heterocycles. The van der Waals surface area contributed by atoms with E-state index in [1.807, 2.05) is 27.7 Å². The predicted molar refractivity (Wildman–Crippen MR) is 61.3 cm³/mol. The maximum absolute atomic E-state index is 11.5. The molecule has 0 heterocycles. The Morgan fingerprint density at radius 3 is 2.40 bits per heavy atom. The summed E-state index contributed by atoms with van der Waals surface area (Å²) < 4.78 is 0. The van der Waals surface area contributed by atoms with Crippen LogP contribution in [0.2, 0.25) is 0 Å². The molecule has 15 heavy (non-hydrogen) atoms. The van der Waals surface area contributed by atoms with Crippen molar-refractivity contribution in [1.82, 2.24) is 5.32 Å². The number of hydrogen-bond acceptors (Lipinski definition) is 3. The second kappa shape index (κ2) is 6.08. The van der Waals surface area contributed by atoms with Gasteiger partial charge in [0.15, 0.2) is 0 Å². The van der Waals surface area contributed by atoms with Gasteiger partial charge in [-0.15, -0.1) is 0 Å². The maximum atomic E-state index is 11.5. The van der Waals surface area contributed by atoms with E-state index >= 15 is 0 Å². The van der Waals surface area contributed by atoms with Gasteiger partial charge in [0.05, 0.1) is 6.04 Å². The first kappa shape index (κ1) is 14.4. The average Bonchev–Trinajstić information content (AvgIpc) is 2.13. The second-order valence-corrected chi connectivity index (χ2v) is 5.13. The summed E-state index contributed by atoms with van der Waals surface area (Å²) in [6.07, 6.45) is 0.671. The van der Waals surface area contributed by atoms with Crippen molar-refractivity contribution in [3.63, 3.8) is 0 Å². The first-order valence-corrected chi connectivity index (χ1v) is 5.44. The zero-order valence-electron chi connectivity index (χ0n) is 10.2. The van der Waals surface area contributed by atoms with Crippen LogP contribution in [0.1, 0.15) is 34.1 Å².